The van der Waals surface area contributed by atoms with Crippen LogP contribution in [0.3, 0.4) is 0 Å². The Labute approximate surface area is 99.7 Å². The average Bonchev–Trinajstić information content (AvgIpc) is 2.38. The minimum absolute atomic E-state index is 0.647. The van der Waals surface area contributed by atoms with Gasteiger partial charge >= 0.3 is 0 Å². The van der Waals surface area contributed by atoms with Crippen LogP contribution >= 0.6 is 0 Å². The molecular formula is C15H23N. The van der Waals surface area contributed by atoms with E-state index in [0.717, 1.165) is 12.5 Å². The van der Waals surface area contributed by atoms with Crippen molar-refractivity contribution in [2.75, 3.05) is 6.54 Å². The van der Waals surface area contributed by atoms with E-state index < -0.39 is 0 Å². The fourth-order valence-corrected chi connectivity index (χ4v) is 3.21. The standard InChI is InChI=1S/C15H23N/c1-2-12-16-15-11-7-6-10-14(15)13-8-4-3-5-9-13/h1,8,14-16H,3-7,9-12H2. The highest BCUT2D eigenvalue weighted by Crippen LogP contribution is 2.34. The average molecular weight is 217 g/mol. The maximum atomic E-state index is 5.34. The second-order valence-electron chi connectivity index (χ2n) is 5.11. The number of terminal acetylenes is 1. The van der Waals surface area contributed by atoms with Crippen LogP contribution in [0, 0.1) is 18.3 Å². The van der Waals surface area contributed by atoms with E-state index in [0.29, 0.717) is 6.04 Å². The second-order valence-corrected chi connectivity index (χ2v) is 5.11. The molecule has 0 heterocycles. The zero-order valence-electron chi connectivity index (χ0n) is 10.2. The molecule has 1 nitrogen and oxygen atoms in total. The predicted octanol–water partition coefficient (Wildman–Crippen LogP) is 3.27. The van der Waals surface area contributed by atoms with Gasteiger partial charge in [0.1, 0.15) is 0 Å². The van der Waals surface area contributed by atoms with Gasteiger partial charge in [-0.05, 0) is 44.4 Å². The van der Waals surface area contributed by atoms with Crippen LogP contribution in [0.1, 0.15) is 51.4 Å². The van der Waals surface area contributed by atoms with Crippen molar-refractivity contribution in [1.82, 2.24) is 5.32 Å². The van der Waals surface area contributed by atoms with Gasteiger partial charge in [0.2, 0.25) is 0 Å². The topological polar surface area (TPSA) is 12.0 Å². The van der Waals surface area contributed by atoms with Crippen molar-refractivity contribution in [1.29, 1.82) is 0 Å². The first-order valence-electron chi connectivity index (χ1n) is 6.77. The number of nitrogens with one attached hydrogen (secondary N) is 1. The highest BCUT2D eigenvalue weighted by molar-refractivity contribution is 5.13. The Hall–Kier alpha value is -0.740. The summed E-state index contributed by atoms with van der Waals surface area (Å²) in [4.78, 5) is 0. The zero-order valence-corrected chi connectivity index (χ0v) is 10.2. The van der Waals surface area contributed by atoms with Crippen molar-refractivity contribution < 1.29 is 0 Å². The molecule has 2 atom stereocenters. The lowest BCUT2D eigenvalue weighted by Crippen LogP contribution is -2.39. The summed E-state index contributed by atoms with van der Waals surface area (Å²) in [5, 5.41) is 3.54. The Morgan fingerprint density at radius 1 is 1.25 bits per heavy atom. The summed E-state index contributed by atoms with van der Waals surface area (Å²) in [5.41, 5.74) is 1.72. The predicted molar refractivity (Wildman–Crippen MR) is 69.1 cm³/mol. The maximum Gasteiger partial charge on any atom is 0.0576 e. The van der Waals surface area contributed by atoms with Crippen molar-refractivity contribution in [3.8, 4) is 12.3 Å². The van der Waals surface area contributed by atoms with Crippen molar-refractivity contribution in [2.24, 2.45) is 5.92 Å². The first-order chi connectivity index (χ1) is 7.92. The third kappa shape index (κ3) is 2.89. The molecule has 1 N–H and O–H groups in total. The highest BCUT2D eigenvalue weighted by atomic mass is 14.9. The van der Waals surface area contributed by atoms with Crippen LogP contribution in [0.4, 0.5) is 0 Å². The maximum absolute atomic E-state index is 5.34. The third-order valence-corrected chi connectivity index (χ3v) is 4.03. The molecule has 1 saturated carbocycles. The number of hydrogen-bond donors (Lipinski definition) is 1. The molecule has 0 aromatic heterocycles. The summed E-state index contributed by atoms with van der Waals surface area (Å²) in [6, 6.07) is 0.647. The number of hydrogen-bond acceptors (Lipinski definition) is 1. The van der Waals surface area contributed by atoms with Crippen LogP contribution in [-0.2, 0) is 0 Å². The van der Waals surface area contributed by atoms with Crippen molar-refractivity contribution in [3.05, 3.63) is 11.6 Å². The lowest BCUT2D eigenvalue weighted by molar-refractivity contribution is 0.295. The van der Waals surface area contributed by atoms with E-state index in [2.05, 4.69) is 17.3 Å². The minimum atomic E-state index is 0.647. The van der Waals surface area contributed by atoms with Gasteiger partial charge in [-0.2, -0.15) is 0 Å². The van der Waals surface area contributed by atoms with Gasteiger partial charge in [-0.25, -0.2) is 0 Å². The van der Waals surface area contributed by atoms with Crippen LogP contribution < -0.4 is 5.32 Å². The molecule has 0 amide bonds. The third-order valence-electron chi connectivity index (χ3n) is 4.03. The van der Waals surface area contributed by atoms with Crippen molar-refractivity contribution in [2.45, 2.75) is 57.4 Å². The molecule has 2 unspecified atom stereocenters. The van der Waals surface area contributed by atoms with E-state index in [9.17, 15) is 0 Å². The molecule has 0 bridgehead atoms. The van der Waals surface area contributed by atoms with Crippen LogP contribution in [0.15, 0.2) is 11.6 Å². The molecule has 0 radical (unpaired) electrons. The molecule has 88 valence electrons. The van der Waals surface area contributed by atoms with E-state index in [1.54, 1.807) is 5.57 Å². The van der Waals surface area contributed by atoms with Crippen LogP contribution in [0.2, 0.25) is 0 Å². The van der Waals surface area contributed by atoms with E-state index in [1.165, 1.54) is 51.4 Å². The lowest BCUT2D eigenvalue weighted by Gasteiger charge is -2.35. The Morgan fingerprint density at radius 3 is 2.88 bits per heavy atom. The van der Waals surface area contributed by atoms with Gasteiger partial charge < -0.3 is 5.32 Å². The highest BCUT2D eigenvalue weighted by Gasteiger charge is 2.27. The fourth-order valence-electron chi connectivity index (χ4n) is 3.21. The summed E-state index contributed by atoms with van der Waals surface area (Å²) in [6.07, 6.45) is 18.7. The second kappa shape index (κ2) is 6.11. The molecule has 2 aliphatic rings. The lowest BCUT2D eigenvalue weighted by atomic mass is 9.76. The molecule has 1 fully saturated rings. The first kappa shape index (κ1) is 11.7. The van der Waals surface area contributed by atoms with E-state index in [1.807, 2.05) is 0 Å². The molecule has 0 saturated heterocycles. The summed E-state index contributed by atoms with van der Waals surface area (Å²) in [7, 11) is 0. The molecule has 0 spiro atoms. The Bertz CT molecular complexity index is 284. The Morgan fingerprint density at radius 2 is 2.12 bits per heavy atom. The SMILES string of the molecule is C#CCNC1CCCCC1C1=CCCCC1. The number of allylic oxidation sites excluding steroid dienone is 1. The van der Waals surface area contributed by atoms with Crippen molar-refractivity contribution >= 4 is 0 Å². The van der Waals surface area contributed by atoms with Crippen LogP contribution in [-0.4, -0.2) is 12.6 Å². The van der Waals surface area contributed by atoms with Crippen molar-refractivity contribution in [3.63, 3.8) is 0 Å². The normalized spacial score (nSPS) is 30.6. The Kier molecular flexibility index (Phi) is 4.48. The van der Waals surface area contributed by atoms with Crippen LogP contribution in [0.25, 0.3) is 0 Å². The monoisotopic (exact) mass is 217 g/mol. The minimum Gasteiger partial charge on any atom is -0.303 e. The van der Waals surface area contributed by atoms with Gasteiger partial charge in [0.05, 0.1) is 6.54 Å². The van der Waals surface area contributed by atoms with E-state index >= 15 is 0 Å². The largest absolute Gasteiger partial charge is 0.303 e. The summed E-state index contributed by atoms with van der Waals surface area (Å²) >= 11 is 0. The smallest absolute Gasteiger partial charge is 0.0576 e. The van der Waals surface area contributed by atoms with Gasteiger partial charge in [-0.1, -0.05) is 30.4 Å². The van der Waals surface area contributed by atoms with E-state index in [-0.39, 0.29) is 0 Å². The van der Waals surface area contributed by atoms with Gasteiger partial charge in [0, 0.05) is 6.04 Å². The molecular weight excluding hydrogens is 194 g/mol. The van der Waals surface area contributed by atoms with Crippen LogP contribution in [0.5, 0.6) is 0 Å². The summed E-state index contributed by atoms with van der Waals surface area (Å²) < 4.78 is 0. The summed E-state index contributed by atoms with van der Waals surface area (Å²) in [6.45, 7) is 0.731. The summed E-state index contributed by atoms with van der Waals surface area (Å²) in [5.74, 6) is 3.49. The molecule has 16 heavy (non-hydrogen) atoms. The quantitative estimate of drug-likeness (QED) is 0.565. The molecule has 0 aromatic rings. The van der Waals surface area contributed by atoms with Gasteiger partial charge in [-0.15, -0.1) is 6.42 Å². The van der Waals surface area contributed by atoms with Gasteiger partial charge in [-0.3, -0.25) is 0 Å². The molecule has 0 aromatic carbocycles. The molecule has 2 aliphatic carbocycles. The Balaban J connectivity index is 1.98. The molecule has 2 rings (SSSR count). The fraction of sp³-hybridized carbons (Fsp3) is 0.733. The molecule has 1 heteroatoms. The number of rotatable bonds is 3. The van der Waals surface area contributed by atoms with Gasteiger partial charge in [0.15, 0.2) is 0 Å². The molecule has 0 aliphatic heterocycles. The zero-order chi connectivity index (χ0) is 11.2. The van der Waals surface area contributed by atoms with Gasteiger partial charge in [0.25, 0.3) is 0 Å². The first-order valence-corrected chi connectivity index (χ1v) is 6.77. The van der Waals surface area contributed by atoms with E-state index in [4.69, 9.17) is 6.42 Å².